The molecule has 1 atom stereocenters. The van der Waals surface area contributed by atoms with E-state index in [0.29, 0.717) is 12.0 Å². The van der Waals surface area contributed by atoms with Crippen LogP contribution in [-0.4, -0.2) is 43.2 Å². The number of nitrogens with zero attached hydrogens (tertiary/aromatic N) is 1. The quantitative estimate of drug-likeness (QED) is 0.746. The molecule has 2 amide bonds. The zero-order valence-corrected chi connectivity index (χ0v) is 10.8. The van der Waals surface area contributed by atoms with Crippen LogP contribution in [0.15, 0.2) is 0 Å². The van der Waals surface area contributed by atoms with Gasteiger partial charge in [-0.15, -0.1) is 0 Å². The molecule has 0 spiro atoms. The van der Waals surface area contributed by atoms with Crippen LogP contribution in [0.25, 0.3) is 0 Å². The van der Waals surface area contributed by atoms with Crippen molar-refractivity contribution < 1.29 is 4.79 Å². The molecule has 1 aliphatic rings. The van der Waals surface area contributed by atoms with Gasteiger partial charge in [0.25, 0.3) is 0 Å². The van der Waals surface area contributed by atoms with Gasteiger partial charge in [0.1, 0.15) is 0 Å². The zero-order chi connectivity index (χ0) is 12.0. The number of hydrogen-bond donors (Lipinski definition) is 2. The molecule has 0 saturated carbocycles. The molecule has 0 aliphatic carbocycles. The van der Waals surface area contributed by atoms with Gasteiger partial charge in [0.05, 0.1) is 0 Å². The lowest BCUT2D eigenvalue weighted by Crippen LogP contribution is -2.45. The largest absolute Gasteiger partial charge is 0.338 e. The number of rotatable bonds is 5. The van der Waals surface area contributed by atoms with Gasteiger partial charge in [0.15, 0.2) is 0 Å². The number of carbonyl (C=O) groups excluding carboxylic acids is 1. The Bertz CT molecular complexity index is 212. The van der Waals surface area contributed by atoms with Gasteiger partial charge in [-0.2, -0.15) is 0 Å². The van der Waals surface area contributed by atoms with E-state index in [9.17, 15) is 4.79 Å². The Morgan fingerprint density at radius 3 is 2.25 bits per heavy atom. The van der Waals surface area contributed by atoms with E-state index >= 15 is 0 Å². The van der Waals surface area contributed by atoms with Crippen LogP contribution in [0.5, 0.6) is 0 Å². The van der Waals surface area contributed by atoms with Crippen molar-refractivity contribution in [2.75, 3.05) is 26.2 Å². The van der Waals surface area contributed by atoms with E-state index in [0.717, 1.165) is 13.1 Å². The predicted octanol–water partition coefficient (Wildman–Crippen LogP) is 1.43. The normalized spacial score (nSPS) is 18.8. The molecule has 0 aromatic rings. The predicted molar refractivity (Wildman–Crippen MR) is 66.5 cm³/mol. The van der Waals surface area contributed by atoms with Gasteiger partial charge in [-0.3, -0.25) is 4.90 Å². The molecule has 0 bridgehead atoms. The van der Waals surface area contributed by atoms with Crippen molar-refractivity contribution in [3.05, 3.63) is 0 Å². The molecule has 1 unspecified atom stereocenters. The number of nitrogens with one attached hydrogen (secondary N) is 2. The van der Waals surface area contributed by atoms with Crippen molar-refractivity contribution in [3.8, 4) is 0 Å². The topological polar surface area (TPSA) is 44.4 Å². The van der Waals surface area contributed by atoms with Crippen LogP contribution < -0.4 is 10.6 Å². The molecule has 1 heterocycles. The average molecular weight is 227 g/mol. The van der Waals surface area contributed by atoms with E-state index in [-0.39, 0.29) is 6.03 Å². The Labute approximate surface area is 98.8 Å². The molecule has 16 heavy (non-hydrogen) atoms. The highest BCUT2D eigenvalue weighted by Crippen LogP contribution is 2.10. The van der Waals surface area contributed by atoms with Crippen molar-refractivity contribution in [3.63, 3.8) is 0 Å². The maximum atomic E-state index is 11.4. The van der Waals surface area contributed by atoms with E-state index in [1.165, 1.54) is 25.9 Å². The SMILES string of the molecule is CC(C)CNC(=O)NCC(C)N1CCCC1. The summed E-state index contributed by atoms with van der Waals surface area (Å²) >= 11 is 0. The maximum absolute atomic E-state index is 11.4. The lowest BCUT2D eigenvalue weighted by Gasteiger charge is -2.23. The van der Waals surface area contributed by atoms with Crippen LogP contribution in [-0.2, 0) is 0 Å². The highest BCUT2D eigenvalue weighted by molar-refractivity contribution is 5.73. The summed E-state index contributed by atoms with van der Waals surface area (Å²) in [7, 11) is 0. The molecule has 2 N–H and O–H groups in total. The third-order valence-electron chi connectivity index (χ3n) is 2.99. The standard InChI is InChI=1S/C12H25N3O/c1-10(2)8-13-12(16)14-9-11(3)15-6-4-5-7-15/h10-11H,4-9H2,1-3H3,(H2,13,14,16). The van der Waals surface area contributed by atoms with Crippen LogP contribution in [0.1, 0.15) is 33.6 Å². The lowest BCUT2D eigenvalue weighted by molar-refractivity contribution is 0.225. The Morgan fingerprint density at radius 2 is 1.69 bits per heavy atom. The molecule has 4 nitrogen and oxygen atoms in total. The summed E-state index contributed by atoms with van der Waals surface area (Å²) in [5, 5.41) is 5.78. The summed E-state index contributed by atoms with van der Waals surface area (Å²) in [5.74, 6) is 0.502. The fourth-order valence-electron chi connectivity index (χ4n) is 1.91. The molecule has 0 aromatic carbocycles. The van der Waals surface area contributed by atoms with Gasteiger partial charge in [0.2, 0.25) is 0 Å². The Balaban J connectivity index is 2.10. The molecule has 0 radical (unpaired) electrons. The first-order chi connectivity index (χ1) is 7.59. The van der Waals surface area contributed by atoms with E-state index in [4.69, 9.17) is 0 Å². The van der Waals surface area contributed by atoms with Crippen LogP contribution >= 0.6 is 0 Å². The Morgan fingerprint density at radius 1 is 1.12 bits per heavy atom. The van der Waals surface area contributed by atoms with Crippen molar-refractivity contribution in [1.82, 2.24) is 15.5 Å². The first-order valence-electron chi connectivity index (χ1n) is 6.35. The minimum Gasteiger partial charge on any atom is -0.338 e. The second-order valence-corrected chi connectivity index (χ2v) is 5.08. The monoisotopic (exact) mass is 227 g/mol. The van der Waals surface area contributed by atoms with E-state index in [1.54, 1.807) is 0 Å². The van der Waals surface area contributed by atoms with Crippen molar-refractivity contribution in [2.45, 2.75) is 39.7 Å². The fourth-order valence-corrected chi connectivity index (χ4v) is 1.91. The number of carbonyl (C=O) groups is 1. The molecule has 94 valence electrons. The smallest absolute Gasteiger partial charge is 0.314 e. The molecular weight excluding hydrogens is 202 g/mol. The van der Waals surface area contributed by atoms with E-state index < -0.39 is 0 Å². The number of urea groups is 1. The van der Waals surface area contributed by atoms with Gasteiger partial charge in [0, 0.05) is 19.1 Å². The van der Waals surface area contributed by atoms with Crippen LogP contribution in [0.4, 0.5) is 4.79 Å². The first kappa shape index (κ1) is 13.3. The minimum atomic E-state index is -0.0419. The second-order valence-electron chi connectivity index (χ2n) is 5.08. The molecule has 1 aliphatic heterocycles. The van der Waals surface area contributed by atoms with E-state index in [2.05, 4.69) is 36.3 Å². The van der Waals surface area contributed by atoms with E-state index in [1.807, 2.05) is 0 Å². The van der Waals surface area contributed by atoms with Crippen molar-refractivity contribution in [1.29, 1.82) is 0 Å². The molecule has 1 fully saturated rings. The summed E-state index contributed by atoms with van der Waals surface area (Å²) in [5.41, 5.74) is 0. The number of likely N-dealkylation sites (tertiary alicyclic amines) is 1. The number of amides is 2. The molecule has 4 heteroatoms. The maximum Gasteiger partial charge on any atom is 0.314 e. The van der Waals surface area contributed by atoms with Crippen molar-refractivity contribution in [2.24, 2.45) is 5.92 Å². The summed E-state index contributed by atoms with van der Waals surface area (Å²) in [4.78, 5) is 13.9. The summed E-state index contributed by atoms with van der Waals surface area (Å²) in [6.07, 6.45) is 2.59. The summed E-state index contributed by atoms with van der Waals surface area (Å²) < 4.78 is 0. The highest BCUT2D eigenvalue weighted by atomic mass is 16.2. The first-order valence-corrected chi connectivity index (χ1v) is 6.35. The molecular formula is C12H25N3O. The highest BCUT2D eigenvalue weighted by Gasteiger charge is 2.18. The minimum absolute atomic E-state index is 0.0419. The van der Waals surface area contributed by atoms with Crippen LogP contribution in [0.3, 0.4) is 0 Å². The molecule has 0 aromatic heterocycles. The fraction of sp³-hybridized carbons (Fsp3) is 0.917. The third-order valence-corrected chi connectivity index (χ3v) is 2.99. The van der Waals surface area contributed by atoms with Gasteiger partial charge >= 0.3 is 6.03 Å². The van der Waals surface area contributed by atoms with Crippen LogP contribution in [0, 0.1) is 5.92 Å². The summed E-state index contributed by atoms with van der Waals surface area (Å²) in [6.45, 7) is 10.2. The Hall–Kier alpha value is -0.770. The van der Waals surface area contributed by atoms with Gasteiger partial charge in [-0.05, 0) is 38.8 Å². The Kier molecular flexibility index (Phi) is 5.60. The van der Waals surface area contributed by atoms with Crippen LogP contribution in [0.2, 0.25) is 0 Å². The lowest BCUT2D eigenvalue weighted by atomic mass is 10.2. The zero-order valence-electron chi connectivity index (χ0n) is 10.8. The summed E-state index contributed by atoms with van der Waals surface area (Å²) in [6, 6.07) is 0.409. The van der Waals surface area contributed by atoms with Crippen molar-refractivity contribution >= 4 is 6.03 Å². The molecule has 1 rings (SSSR count). The third kappa shape index (κ3) is 4.84. The van der Waals surface area contributed by atoms with Gasteiger partial charge < -0.3 is 10.6 Å². The second kappa shape index (κ2) is 6.74. The molecule has 1 saturated heterocycles. The average Bonchev–Trinajstić information content (AvgIpc) is 2.76. The number of hydrogen-bond acceptors (Lipinski definition) is 2. The van der Waals surface area contributed by atoms with Gasteiger partial charge in [-0.25, -0.2) is 4.79 Å². The van der Waals surface area contributed by atoms with Gasteiger partial charge in [-0.1, -0.05) is 13.8 Å².